The van der Waals surface area contributed by atoms with E-state index in [4.69, 9.17) is 4.52 Å². The van der Waals surface area contributed by atoms with Gasteiger partial charge in [0.1, 0.15) is 23.1 Å². The smallest absolute Gasteiger partial charge is 0.322 e. The minimum Gasteiger partial charge on any atom is -0.353 e. The van der Waals surface area contributed by atoms with E-state index in [0.717, 1.165) is 23.5 Å². The molecule has 0 radical (unpaired) electrons. The number of pyridine rings is 1. The number of anilines is 2. The Morgan fingerprint density at radius 2 is 1.83 bits per heavy atom. The van der Waals surface area contributed by atoms with E-state index in [2.05, 4.69) is 20.4 Å². The summed E-state index contributed by atoms with van der Waals surface area (Å²) in [6.07, 6.45) is 1.67. The van der Waals surface area contributed by atoms with Crippen molar-refractivity contribution < 1.29 is 18.1 Å². The van der Waals surface area contributed by atoms with Crippen LogP contribution in [0.25, 0.3) is 11.4 Å². The molecule has 8 nitrogen and oxygen atoms in total. The fraction of sp³-hybridized carbons (Fsp3) is 0.263. The number of halogens is 2. The number of para-hydroxylation sites is 1. The van der Waals surface area contributed by atoms with Crippen molar-refractivity contribution in [3.63, 3.8) is 0 Å². The molecule has 0 atom stereocenters. The number of hydrogen-bond acceptors (Lipinski definition) is 6. The summed E-state index contributed by atoms with van der Waals surface area (Å²) in [5.74, 6) is 0.0995. The van der Waals surface area contributed by atoms with Gasteiger partial charge in [-0.3, -0.25) is 0 Å². The fourth-order valence-corrected chi connectivity index (χ4v) is 3.06. The molecule has 0 spiro atoms. The van der Waals surface area contributed by atoms with Crippen molar-refractivity contribution in [1.82, 2.24) is 20.0 Å². The number of nitrogens with zero attached hydrogens (tertiary/aromatic N) is 5. The van der Waals surface area contributed by atoms with Gasteiger partial charge in [0.2, 0.25) is 11.7 Å². The molecular weight excluding hydrogens is 382 g/mol. The molecule has 4 rings (SSSR count). The van der Waals surface area contributed by atoms with Crippen LogP contribution >= 0.6 is 0 Å². The summed E-state index contributed by atoms with van der Waals surface area (Å²) in [5.41, 5.74) is 0.310. The van der Waals surface area contributed by atoms with E-state index in [-0.39, 0.29) is 0 Å². The SMILES string of the molecule is Cc1nc(-c2ccc(N3CCN(C(=O)Nc4c(F)cccc4F)CC3)nc2)no1. The van der Waals surface area contributed by atoms with Gasteiger partial charge in [-0.25, -0.2) is 18.6 Å². The third kappa shape index (κ3) is 4.00. The number of carbonyl (C=O) groups excluding carboxylic acids is 1. The number of piperazine rings is 1. The molecule has 1 N–H and O–H groups in total. The van der Waals surface area contributed by atoms with Crippen LogP contribution in [0.2, 0.25) is 0 Å². The summed E-state index contributed by atoms with van der Waals surface area (Å²) in [7, 11) is 0. The van der Waals surface area contributed by atoms with Gasteiger partial charge in [-0.05, 0) is 24.3 Å². The molecular formula is C19H18F2N6O2. The van der Waals surface area contributed by atoms with Crippen LogP contribution < -0.4 is 10.2 Å². The van der Waals surface area contributed by atoms with Crippen molar-refractivity contribution in [3.8, 4) is 11.4 Å². The summed E-state index contributed by atoms with van der Waals surface area (Å²) >= 11 is 0. The number of amides is 2. The monoisotopic (exact) mass is 400 g/mol. The second-order valence-electron chi connectivity index (χ2n) is 6.54. The number of rotatable bonds is 3. The first-order valence-corrected chi connectivity index (χ1v) is 9.03. The molecule has 0 unspecified atom stereocenters. The van der Waals surface area contributed by atoms with Crippen molar-refractivity contribution in [3.05, 3.63) is 54.1 Å². The van der Waals surface area contributed by atoms with Crippen LogP contribution in [0, 0.1) is 18.6 Å². The Bertz CT molecular complexity index is 996. The molecule has 3 aromatic rings. The zero-order valence-electron chi connectivity index (χ0n) is 15.6. The van der Waals surface area contributed by atoms with E-state index in [1.165, 1.54) is 11.0 Å². The lowest BCUT2D eigenvalue weighted by molar-refractivity contribution is 0.208. The maximum Gasteiger partial charge on any atom is 0.322 e. The molecule has 0 bridgehead atoms. The van der Waals surface area contributed by atoms with Crippen LogP contribution in [0.15, 0.2) is 41.1 Å². The fourth-order valence-electron chi connectivity index (χ4n) is 3.06. The number of urea groups is 1. The van der Waals surface area contributed by atoms with Gasteiger partial charge in [0.15, 0.2) is 0 Å². The first-order chi connectivity index (χ1) is 14.0. The van der Waals surface area contributed by atoms with Gasteiger partial charge in [-0.1, -0.05) is 11.2 Å². The molecule has 10 heteroatoms. The summed E-state index contributed by atoms with van der Waals surface area (Å²) in [5, 5.41) is 6.17. The van der Waals surface area contributed by atoms with Crippen LogP contribution in [0.3, 0.4) is 0 Å². The minimum absolute atomic E-state index is 0.398. The highest BCUT2D eigenvalue weighted by molar-refractivity contribution is 5.89. The molecule has 1 saturated heterocycles. The highest BCUT2D eigenvalue weighted by atomic mass is 19.1. The third-order valence-corrected chi connectivity index (χ3v) is 4.62. The minimum atomic E-state index is -0.807. The number of hydrogen-bond donors (Lipinski definition) is 1. The molecule has 2 aromatic heterocycles. The summed E-state index contributed by atoms with van der Waals surface area (Å²) in [6.45, 7) is 3.60. The maximum atomic E-state index is 13.7. The Morgan fingerprint density at radius 3 is 2.41 bits per heavy atom. The number of nitrogens with one attached hydrogen (secondary N) is 1. The predicted molar refractivity (Wildman–Crippen MR) is 101 cm³/mol. The van der Waals surface area contributed by atoms with E-state index in [0.29, 0.717) is 37.9 Å². The van der Waals surface area contributed by atoms with Crippen LogP contribution in [0.5, 0.6) is 0 Å². The number of aromatic nitrogens is 3. The van der Waals surface area contributed by atoms with Crippen LogP contribution in [-0.2, 0) is 0 Å². The molecule has 150 valence electrons. The second kappa shape index (κ2) is 7.82. The van der Waals surface area contributed by atoms with Crippen molar-refractivity contribution in [1.29, 1.82) is 0 Å². The van der Waals surface area contributed by atoms with Crippen LogP contribution in [0.1, 0.15) is 5.89 Å². The van der Waals surface area contributed by atoms with Gasteiger partial charge in [0, 0.05) is 44.9 Å². The molecule has 29 heavy (non-hydrogen) atoms. The van der Waals surface area contributed by atoms with E-state index >= 15 is 0 Å². The third-order valence-electron chi connectivity index (χ3n) is 4.62. The van der Waals surface area contributed by atoms with Gasteiger partial charge in [-0.15, -0.1) is 0 Å². The lowest BCUT2D eigenvalue weighted by Gasteiger charge is -2.35. The van der Waals surface area contributed by atoms with Crippen LogP contribution in [0.4, 0.5) is 25.1 Å². The summed E-state index contributed by atoms with van der Waals surface area (Å²) < 4.78 is 32.4. The number of benzene rings is 1. The predicted octanol–water partition coefficient (Wildman–Crippen LogP) is 3.07. The van der Waals surface area contributed by atoms with Gasteiger partial charge >= 0.3 is 6.03 Å². The lowest BCUT2D eigenvalue weighted by Crippen LogP contribution is -2.50. The van der Waals surface area contributed by atoms with E-state index < -0.39 is 23.4 Å². The summed E-state index contributed by atoms with van der Waals surface area (Å²) in [6, 6.07) is 6.61. The quantitative estimate of drug-likeness (QED) is 0.727. The highest BCUT2D eigenvalue weighted by Gasteiger charge is 2.23. The number of aryl methyl sites for hydroxylation is 1. The van der Waals surface area contributed by atoms with Gasteiger partial charge in [0.25, 0.3) is 0 Å². The highest BCUT2D eigenvalue weighted by Crippen LogP contribution is 2.21. The Morgan fingerprint density at radius 1 is 1.10 bits per heavy atom. The van der Waals surface area contributed by atoms with E-state index in [9.17, 15) is 13.6 Å². The van der Waals surface area contributed by atoms with Crippen molar-refractivity contribution in [2.24, 2.45) is 0 Å². The molecule has 0 aliphatic carbocycles. The van der Waals surface area contributed by atoms with Gasteiger partial charge < -0.3 is 19.6 Å². The first kappa shape index (κ1) is 18.8. The van der Waals surface area contributed by atoms with Crippen molar-refractivity contribution in [2.75, 3.05) is 36.4 Å². The Balaban J connectivity index is 1.36. The standard InChI is InChI=1S/C19H18F2N6O2/c1-12-23-18(25-29-12)13-5-6-16(22-11-13)26-7-9-27(10-8-26)19(28)24-17-14(20)3-2-4-15(17)21/h2-6,11H,7-10H2,1H3,(H,24,28). The maximum absolute atomic E-state index is 13.7. The average Bonchev–Trinajstić information content (AvgIpc) is 3.17. The zero-order chi connectivity index (χ0) is 20.4. The largest absolute Gasteiger partial charge is 0.353 e. The molecule has 2 amide bonds. The molecule has 3 heterocycles. The van der Waals surface area contributed by atoms with Crippen LogP contribution in [-0.4, -0.2) is 52.2 Å². The first-order valence-electron chi connectivity index (χ1n) is 9.03. The molecule has 0 saturated carbocycles. The Hall–Kier alpha value is -3.56. The topological polar surface area (TPSA) is 87.4 Å². The normalized spacial score (nSPS) is 14.2. The van der Waals surface area contributed by atoms with Gasteiger partial charge in [0.05, 0.1) is 0 Å². The van der Waals surface area contributed by atoms with Crippen molar-refractivity contribution in [2.45, 2.75) is 6.92 Å². The molecule has 1 fully saturated rings. The van der Waals surface area contributed by atoms with E-state index in [1.807, 2.05) is 17.0 Å². The lowest BCUT2D eigenvalue weighted by atomic mass is 10.2. The zero-order valence-corrected chi connectivity index (χ0v) is 15.6. The van der Waals surface area contributed by atoms with Gasteiger partial charge in [-0.2, -0.15) is 4.98 Å². The summed E-state index contributed by atoms with van der Waals surface area (Å²) in [4.78, 5) is 24.5. The Labute approximate surface area is 165 Å². The number of carbonyl (C=O) groups is 1. The molecule has 1 aromatic carbocycles. The average molecular weight is 400 g/mol. The van der Waals surface area contributed by atoms with E-state index in [1.54, 1.807) is 13.1 Å². The second-order valence-corrected chi connectivity index (χ2v) is 6.54. The van der Waals surface area contributed by atoms with Crippen molar-refractivity contribution >= 4 is 17.5 Å². The Kier molecular flexibility index (Phi) is 5.07. The molecule has 1 aliphatic rings. The molecule has 1 aliphatic heterocycles.